The number of ether oxygens (including phenoxy) is 4. The van der Waals surface area contributed by atoms with Crippen molar-refractivity contribution in [2.45, 2.75) is 38.6 Å². The summed E-state index contributed by atoms with van der Waals surface area (Å²) >= 11 is 0. The number of morpholine rings is 1. The molecular weight excluding hydrogens is 512 g/mol. The number of unbranched alkanes of at least 4 members (excludes halogenated alkanes) is 2. The zero-order valence-corrected chi connectivity index (χ0v) is 23.1. The molecule has 0 spiro atoms. The summed E-state index contributed by atoms with van der Waals surface area (Å²) in [4.78, 5) is 30.8. The fourth-order valence-corrected chi connectivity index (χ4v) is 5.41. The van der Waals surface area contributed by atoms with E-state index in [9.17, 15) is 14.7 Å². The second-order valence-electron chi connectivity index (χ2n) is 10.3. The highest BCUT2D eigenvalue weighted by atomic mass is 16.6. The normalized spacial score (nSPS) is 20.6. The first kappa shape index (κ1) is 28.0. The molecule has 3 aliphatic heterocycles. The van der Waals surface area contributed by atoms with Crippen LogP contribution in [0.15, 0.2) is 48.0 Å². The van der Waals surface area contributed by atoms with Crippen LogP contribution in [0.25, 0.3) is 5.76 Å². The number of likely N-dealkylation sites (tertiary alicyclic amines) is 1. The third-order valence-corrected chi connectivity index (χ3v) is 7.52. The zero-order valence-electron chi connectivity index (χ0n) is 23.1. The average molecular weight is 551 g/mol. The molecule has 9 nitrogen and oxygen atoms in total. The van der Waals surface area contributed by atoms with Crippen LogP contribution in [0, 0.1) is 0 Å². The number of aliphatic hydroxyl groups is 1. The highest BCUT2D eigenvalue weighted by Gasteiger charge is 2.46. The Hall–Kier alpha value is -3.56. The fraction of sp³-hybridized carbons (Fsp3) is 0.484. The maximum atomic E-state index is 13.5. The number of fused-ring (bicyclic) bond motifs is 1. The summed E-state index contributed by atoms with van der Waals surface area (Å²) < 4.78 is 22.7. The van der Waals surface area contributed by atoms with Crippen molar-refractivity contribution in [1.82, 2.24) is 9.80 Å². The van der Waals surface area contributed by atoms with E-state index in [1.807, 2.05) is 24.3 Å². The highest BCUT2D eigenvalue weighted by Crippen LogP contribution is 2.41. The van der Waals surface area contributed by atoms with Gasteiger partial charge >= 0.3 is 0 Å². The smallest absolute Gasteiger partial charge is 0.295 e. The molecule has 1 N–H and O–H groups in total. The lowest BCUT2D eigenvalue weighted by atomic mass is 9.95. The van der Waals surface area contributed by atoms with Gasteiger partial charge in [0.15, 0.2) is 11.5 Å². The summed E-state index contributed by atoms with van der Waals surface area (Å²) in [6, 6.07) is 11.8. The van der Waals surface area contributed by atoms with Gasteiger partial charge in [-0.1, -0.05) is 31.9 Å². The second kappa shape index (κ2) is 13.2. The summed E-state index contributed by atoms with van der Waals surface area (Å²) in [5.41, 5.74) is 1.18. The molecule has 0 unspecified atom stereocenters. The third kappa shape index (κ3) is 6.26. The van der Waals surface area contributed by atoms with Crippen molar-refractivity contribution in [3.63, 3.8) is 0 Å². The maximum absolute atomic E-state index is 13.5. The Morgan fingerprint density at radius 3 is 2.55 bits per heavy atom. The number of carbonyl (C=O) groups excluding carboxylic acids is 2. The van der Waals surface area contributed by atoms with E-state index in [1.165, 1.54) is 0 Å². The van der Waals surface area contributed by atoms with E-state index in [1.54, 1.807) is 23.1 Å². The summed E-state index contributed by atoms with van der Waals surface area (Å²) in [5.74, 6) is 0.209. The third-order valence-electron chi connectivity index (χ3n) is 7.52. The molecule has 1 amide bonds. The second-order valence-corrected chi connectivity index (χ2v) is 10.3. The molecular formula is C31H38N2O7. The predicted molar refractivity (Wildman–Crippen MR) is 150 cm³/mol. The molecule has 0 radical (unpaired) electrons. The van der Waals surface area contributed by atoms with Gasteiger partial charge in [0, 0.05) is 31.7 Å². The number of aliphatic hydroxyl groups excluding tert-OH is 1. The van der Waals surface area contributed by atoms with Gasteiger partial charge in [0.1, 0.15) is 24.7 Å². The van der Waals surface area contributed by atoms with E-state index in [0.717, 1.165) is 44.5 Å². The highest BCUT2D eigenvalue weighted by molar-refractivity contribution is 6.46. The molecule has 9 heteroatoms. The molecule has 0 aliphatic carbocycles. The molecule has 2 aromatic rings. The lowest BCUT2D eigenvalue weighted by Gasteiger charge is -2.29. The lowest BCUT2D eigenvalue weighted by Crippen LogP contribution is -2.38. The van der Waals surface area contributed by atoms with Crippen molar-refractivity contribution < 1.29 is 33.6 Å². The summed E-state index contributed by atoms with van der Waals surface area (Å²) in [6.07, 6.45) is 3.83. The van der Waals surface area contributed by atoms with Crippen LogP contribution in [0.4, 0.5) is 0 Å². The Balaban J connectivity index is 1.46. The van der Waals surface area contributed by atoms with Gasteiger partial charge < -0.3 is 29.0 Å². The molecule has 0 bridgehead atoms. The Bertz CT molecular complexity index is 1240. The van der Waals surface area contributed by atoms with Crippen molar-refractivity contribution in [3.8, 4) is 17.2 Å². The molecule has 2 aromatic carbocycles. The minimum absolute atomic E-state index is 0.0659. The topological polar surface area (TPSA) is 97.8 Å². The van der Waals surface area contributed by atoms with Gasteiger partial charge in [-0.05, 0) is 48.7 Å². The van der Waals surface area contributed by atoms with E-state index in [-0.39, 0.29) is 11.3 Å². The Morgan fingerprint density at radius 2 is 1.75 bits per heavy atom. The van der Waals surface area contributed by atoms with Crippen LogP contribution in [-0.4, -0.2) is 85.8 Å². The molecule has 3 heterocycles. The molecule has 2 saturated heterocycles. The van der Waals surface area contributed by atoms with Gasteiger partial charge in [-0.25, -0.2) is 0 Å². The Kier molecular flexibility index (Phi) is 9.23. The predicted octanol–water partition coefficient (Wildman–Crippen LogP) is 4.17. The van der Waals surface area contributed by atoms with Gasteiger partial charge in [0.05, 0.1) is 31.4 Å². The summed E-state index contributed by atoms with van der Waals surface area (Å²) in [7, 11) is 0. The molecule has 3 aliphatic rings. The van der Waals surface area contributed by atoms with Crippen molar-refractivity contribution in [2.75, 3.05) is 59.2 Å². The maximum Gasteiger partial charge on any atom is 0.295 e. The molecule has 40 heavy (non-hydrogen) atoms. The summed E-state index contributed by atoms with van der Waals surface area (Å²) in [6.45, 7) is 7.86. The van der Waals surface area contributed by atoms with Crippen LogP contribution in [0.1, 0.15) is 49.8 Å². The first-order valence-corrected chi connectivity index (χ1v) is 14.3. The van der Waals surface area contributed by atoms with Gasteiger partial charge in [0.2, 0.25) is 0 Å². The number of hydrogen-bond acceptors (Lipinski definition) is 8. The average Bonchev–Trinajstić information content (AvgIpc) is 3.24. The number of nitrogens with zero attached hydrogens (tertiary/aromatic N) is 2. The number of benzene rings is 2. The first-order chi connectivity index (χ1) is 19.6. The van der Waals surface area contributed by atoms with Gasteiger partial charge in [0.25, 0.3) is 11.7 Å². The van der Waals surface area contributed by atoms with E-state index in [0.29, 0.717) is 68.8 Å². The van der Waals surface area contributed by atoms with Crippen LogP contribution >= 0.6 is 0 Å². The largest absolute Gasteiger partial charge is 0.507 e. The van der Waals surface area contributed by atoms with Crippen LogP contribution in [0.2, 0.25) is 0 Å². The molecule has 214 valence electrons. The van der Waals surface area contributed by atoms with Gasteiger partial charge in [-0.2, -0.15) is 0 Å². The molecule has 5 rings (SSSR count). The van der Waals surface area contributed by atoms with Crippen molar-refractivity contribution in [3.05, 3.63) is 59.2 Å². The molecule has 0 aromatic heterocycles. The quantitative estimate of drug-likeness (QED) is 0.193. The zero-order chi connectivity index (χ0) is 27.9. The molecule has 1 atom stereocenters. The number of rotatable bonds is 11. The van der Waals surface area contributed by atoms with Crippen molar-refractivity contribution in [1.29, 1.82) is 0 Å². The fourth-order valence-electron chi connectivity index (χ4n) is 5.41. The SMILES string of the molecule is CCCCCOc1cccc([C@@H]2C(=C(O)c3ccc4c(c3)OCCO4)C(=O)C(=O)N2CCCN2CCOCC2)c1. The standard InChI is InChI=1S/C31H38N2O7/c1-2-3-4-15-38-24-8-5-7-22(20-24)28-27(29(34)23-9-10-25-26(21-23)40-19-18-39-25)30(35)31(36)33(28)12-6-11-32-13-16-37-17-14-32/h5,7-10,20-21,28,34H,2-4,6,11-19H2,1H3/t28-/m1/s1. The van der Waals surface area contributed by atoms with Crippen LogP contribution in [0.5, 0.6) is 17.2 Å². The van der Waals surface area contributed by atoms with Crippen molar-refractivity contribution in [2.24, 2.45) is 0 Å². The number of ketones is 1. The number of Topliss-reactive ketones (excluding diaryl/α,β-unsaturated/α-hetero) is 1. The minimum atomic E-state index is -0.739. The minimum Gasteiger partial charge on any atom is -0.507 e. The lowest BCUT2D eigenvalue weighted by molar-refractivity contribution is -0.140. The number of carbonyl (C=O) groups is 2. The van der Waals surface area contributed by atoms with Crippen LogP contribution in [0.3, 0.4) is 0 Å². The van der Waals surface area contributed by atoms with E-state index < -0.39 is 17.7 Å². The van der Waals surface area contributed by atoms with Gasteiger partial charge in [-0.15, -0.1) is 0 Å². The van der Waals surface area contributed by atoms with Gasteiger partial charge in [-0.3, -0.25) is 14.5 Å². The number of hydrogen-bond donors (Lipinski definition) is 1. The van der Waals surface area contributed by atoms with E-state index >= 15 is 0 Å². The summed E-state index contributed by atoms with van der Waals surface area (Å²) in [5, 5.41) is 11.5. The monoisotopic (exact) mass is 550 g/mol. The molecule has 2 fully saturated rings. The Morgan fingerprint density at radius 1 is 0.950 bits per heavy atom. The van der Waals surface area contributed by atoms with Crippen molar-refractivity contribution >= 4 is 17.4 Å². The van der Waals surface area contributed by atoms with Crippen LogP contribution < -0.4 is 14.2 Å². The Labute approximate surface area is 235 Å². The van der Waals surface area contributed by atoms with E-state index in [2.05, 4.69) is 11.8 Å². The number of amides is 1. The first-order valence-electron chi connectivity index (χ1n) is 14.3. The molecule has 0 saturated carbocycles. The van der Waals surface area contributed by atoms with E-state index in [4.69, 9.17) is 18.9 Å². The van der Waals surface area contributed by atoms with Crippen LogP contribution in [-0.2, 0) is 14.3 Å².